The first-order valence-electron chi connectivity index (χ1n) is 15.6. The van der Waals surface area contributed by atoms with Gasteiger partial charge in [-0.2, -0.15) is 5.09 Å². The van der Waals surface area contributed by atoms with Gasteiger partial charge in [-0.1, -0.05) is 50.2 Å². The smallest absolute Gasteiger partial charge is 0.459 e. The molecule has 1 aromatic heterocycles. The standard InChI is InChI=1S/C32H41N4O12P/c1-7-24(38)44-26-27(45-25(39)8-2)32(33,46-28(26)36-17-16-23(37)34-30(36)41)18-43-49(42,35-19(3)29(40)47-31(4,5)6)48-22-15-11-13-20-12-9-10-14-21(20)22/h9-17,19,26-28H,7-8,18,33H2,1-6H3,(H,35,42)(H,34,37,41)/t19-,26+,27-,28+,32+,49?/m0/s1. The first kappa shape index (κ1) is 37.5. The number of aromatic amines is 1. The van der Waals surface area contributed by atoms with Crippen molar-refractivity contribution in [1.29, 1.82) is 0 Å². The highest BCUT2D eigenvalue weighted by Gasteiger charge is 2.59. The minimum absolute atomic E-state index is 0.104. The Balaban J connectivity index is 1.75. The quantitative estimate of drug-likeness (QED) is 0.132. The van der Waals surface area contributed by atoms with E-state index >= 15 is 0 Å². The summed E-state index contributed by atoms with van der Waals surface area (Å²) in [5.41, 5.74) is 1.91. The summed E-state index contributed by atoms with van der Waals surface area (Å²) in [5.74, 6) is -2.17. The maximum atomic E-state index is 14.6. The zero-order chi connectivity index (χ0) is 36.1. The van der Waals surface area contributed by atoms with Crippen LogP contribution in [0.2, 0.25) is 0 Å². The van der Waals surface area contributed by atoms with Gasteiger partial charge in [-0.25, -0.2) is 9.36 Å². The molecule has 6 atom stereocenters. The number of carbonyl (C=O) groups is 3. The van der Waals surface area contributed by atoms with Gasteiger partial charge in [0.1, 0.15) is 24.0 Å². The fourth-order valence-corrected chi connectivity index (χ4v) is 6.40. The average molecular weight is 705 g/mol. The predicted octanol–water partition coefficient (Wildman–Crippen LogP) is 3.04. The Labute approximate surface area is 281 Å². The van der Waals surface area contributed by atoms with E-state index in [4.69, 9.17) is 33.7 Å². The molecule has 0 spiro atoms. The number of rotatable bonds is 13. The molecule has 1 aliphatic rings. The van der Waals surface area contributed by atoms with Gasteiger partial charge < -0.3 is 23.5 Å². The monoisotopic (exact) mass is 704 g/mol. The molecule has 2 heterocycles. The number of carbonyl (C=O) groups excluding carboxylic acids is 3. The van der Waals surface area contributed by atoms with Gasteiger partial charge in [-0.3, -0.25) is 39.0 Å². The van der Waals surface area contributed by atoms with E-state index in [1.54, 1.807) is 45.0 Å². The van der Waals surface area contributed by atoms with E-state index in [9.17, 15) is 28.5 Å². The highest BCUT2D eigenvalue weighted by Crippen LogP contribution is 2.49. The van der Waals surface area contributed by atoms with Crippen LogP contribution in [0, 0.1) is 0 Å². The number of aromatic nitrogens is 2. The molecule has 1 saturated heterocycles. The van der Waals surface area contributed by atoms with Crippen LogP contribution in [0.3, 0.4) is 0 Å². The lowest BCUT2D eigenvalue weighted by Gasteiger charge is -2.32. The molecule has 0 aliphatic carbocycles. The molecule has 266 valence electrons. The maximum absolute atomic E-state index is 14.6. The number of benzene rings is 2. The molecule has 4 N–H and O–H groups in total. The zero-order valence-electron chi connectivity index (χ0n) is 28.0. The Bertz CT molecular complexity index is 1850. The molecular formula is C32H41N4O12P. The zero-order valence-corrected chi connectivity index (χ0v) is 28.9. The van der Waals surface area contributed by atoms with Crippen LogP contribution in [0.4, 0.5) is 0 Å². The van der Waals surface area contributed by atoms with Crippen LogP contribution in [0.25, 0.3) is 10.8 Å². The van der Waals surface area contributed by atoms with E-state index < -0.39 is 79.3 Å². The van der Waals surface area contributed by atoms with Crippen molar-refractivity contribution >= 4 is 36.4 Å². The SMILES string of the molecule is CCC(=O)O[C@H]1[C@H](n2ccc(=O)[nH]c2=O)O[C@](N)(COP(=O)(N[C@@H](C)C(=O)OC(C)(C)C)Oc2cccc3ccccc23)[C@H]1OC(=O)CC. The van der Waals surface area contributed by atoms with Crippen molar-refractivity contribution in [3.05, 3.63) is 75.6 Å². The number of ether oxygens (including phenoxy) is 4. The number of hydrogen-bond acceptors (Lipinski definition) is 13. The van der Waals surface area contributed by atoms with Gasteiger partial charge in [0.2, 0.25) is 0 Å². The summed E-state index contributed by atoms with van der Waals surface area (Å²) < 4.78 is 50.0. The number of hydrogen-bond donors (Lipinski definition) is 3. The summed E-state index contributed by atoms with van der Waals surface area (Å²) in [7, 11) is -4.62. The third kappa shape index (κ3) is 9.22. The normalized spacial score (nSPS) is 22.6. The van der Waals surface area contributed by atoms with Crippen molar-refractivity contribution in [3.63, 3.8) is 0 Å². The number of fused-ring (bicyclic) bond motifs is 1. The predicted molar refractivity (Wildman–Crippen MR) is 175 cm³/mol. The maximum Gasteiger partial charge on any atom is 0.459 e. The molecular weight excluding hydrogens is 663 g/mol. The number of H-pyrrole nitrogens is 1. The van der Waals surface area contributed by atoms with Gasteiger partial charge in [-0.05, 0) is 39.1 Å². The minimum atomic E-state index is -4.62. The van der Waals surface area contributed by atoms with Crippen molar-refractivity contribution in [2.24, 2.45) is 5.73 Å². The Morgan fingerprint density at radius 1 is 1.04 bits per heavy atom. The fraction of sp³-hybridized carbons (Fsp3) is 0.469. The summed E-state index contributed by atoms with van der Waals surface area (Å²) in [5, 5.41) is 3.91. The summed E-state index contributed by atoms with van der Waals surface area (Å²) in [4.78, 5) is 64.8. The van der Waals surface area contributed by atoms with E-state index in [0.29, 0.717) is 5.39 Å². The van der Waals surface area contributed by atoms with Crippen molar-refractivity contribution in [1.82, 2.24) is 14.6 Å². The Hall–Kier alpha value is -4.34. The summed E-state index contributed by atoms with van der Waals surface area (Å²) in [6, 6.07) is 11.9. The molecule has 2 aromatic carbocycles. The highest BCUT2D eigenvalue weighted by molar-refractivity contribution is 7.52. The van der Waals surface area contributed by atoms with Crippen LogP contribution in [-0.2, 0) is 42.4 Å². The average Bonchev–Trinajstić information content (AvgIpc) is 3.29. The molecule has 0 amide bonds. The molecule has 16 nitrogen and oxygen atoms in total. The lowest BCUT2D eigenvalue weighted by atomic mass is 10.1. The van der Waals surface area contributed by atoms with Crippen LogP contribution in [0.15, 0.2) is 64.3 Å². The Morgan fingerprint density at radius 3 is 2.35 bits per heavy atom. The lowest BCUT2D eigenvalue weighted by molar-refractivity contribution is -0.172. The van der Waals surface area contributed by atoms with Crippen molar-refractivity contribution in [3.8, 4) is 5.75 Å². The summed E-state index contributed by atoms with van der Waals surface area (Å²) in [6.45, 7) is 8.56. The van der Waals surface area contributed by atoms with Crippen LogP contribution < -0.4 is 26.6 Å². The topological polar surface area (TPSA) is 217 Å². The van der Waals surface area contributed by atoms with Gasteiger partial charge in [0.05, 0.1) is 0 Å². The van der Waals surface area contributed by atoms with E-state index in [1.807, 2.05) is 18.2 Å². The van der Waals surface area contributed by atoms with Crippen LogP contribution >= 0.6 is 7.75 Å². The summed E-state index contributed by atoms with van der Waals surface area (Å²) in [6.07, 6.45) is -3.85. The first-order valence-corrected chi connectivity index (χ1v) is 17.1. The lowest BCUT2D eigenvalue weighted by Crippen LogP contribution is -2.57. The highest BCUT2D eigenvalue weighted by atomic mass is 31.2. The molecule has 0 radical (unpaired) electrons. The molecule has 0 bridgehead atoms. The third-order valence-corrected chi connectivity index (χ3v) is 8.78. The molecule has 1 fully saturated rings. The number of nitrogens with one attached hydrogen (secondary N) is 2. The second-order valence-electron chi connectivity index (χ2n) is 12.3. The Morgan fingerprint density at radius 2 is 1.69 bits per heavy atom. The van der Waals surface area contributed by atoms with Crippen LogP contribution in [0.1, 0.15) is 60.6 Å². The second-order valence-corrected chi connectivity index (χ2v) is 14.0. The molecule has 1 aliphatic heterocycles. The molecule has 1 unspecified atom stereocenters. The largest absolute Gasteiger partial charge is 0.459 e. The van der Waals surface area contributed by atoms with Crippen LogP contribution in [-0.4, -0.2) is 63.6 Å². The van der Waals surface area contributed by atoms with Gasteiger partial charge >= 0.3 is 31.3 Å². The van der Waals surface area contributed by atoms with Crippen molar-refractivity contribution < 1.29 is 46.9 Å². The minimum Gasteiger partial charge on any atom is -0.459 e. The molecule has 0 saturated carbocycles. The number of nitrogens with two attached hydrogens (primary N) is 1. The van der Waals surface area contributed by atoms with Gasteiger partial charge in [-0.15, -0.1) is 0 Å². The summed E-state index contributed by atoms with van der Waals surface area (Å²) >= 11 is 0. The van der Waals surface area contributed by atoms with E-state index in [-0.39, 0.29) is 18.6 Å². The fourth-order valence-electron chi connectivity index (χ4n) is 4.85. The third-order valence-electron chi connectivity index (χ3n) is 7.17. The number of esters is 3. The van der Waals surface area contributed by atoms with Crippen LogP contribution in [0.5, 0.6) is 5.75 Å². The molecule has 17 heteroatoms. The number of nitrogens with zero attached hydrogens (tertiary/aromatic N) is 1. The van der Waals surface area contributed by atoms with E-state index in [2.05, 4.69) is 10.1 Å². The van der Waals surface area contributed by atoms with Gasteiger partial charge in [0, 0.05) is 30.5 Å². The van der Waals surface area contributed by atoms with Crippen molar-refractivity contribution in [2.75, 3.05) is 6.61 Å². The van der Waals surface area contributed by atoms with Crippen molar-refractivity contribution in [2.45, 2.75) is 90.2 Å². The van der Waals surface area contributed by atoms with Gasteiger partial charge in [0.25, 0.3) is 5.56 Å². The van der Waals surface area contributed by atoms with E-state index in [1.165, 1.54) is 20.8 Å². The Kier molecular flexibility index (Phi) is 11.5. The van der Waals surface area contributed by atoms with Gasteiger partial charge in [0.15, 0.2) is 24.2 Å². The van der Waals surface area contributed by atoms with E-state index in [0.717, 1.165) is 22.2 Å². The molecule has 49 heavy (non-hydrogen) atoms. The first-order chi connectivity index (χ1) is 23.0. The molecule has 3 aromatic rings. The molecule has 4 rings (SSSR count). The second kappa shape index (κ2) is 15.0.